The zero-order chi connectivity index (χ0) is 13.0. The summed E-state index contributed by atoms with van der Waals surface area (Å²) >= 11 is 1.63. The minimum atomic E-state index is -0.718. The fourth-order valence-electron chi connectivity index (χ4n) is 2.60. The molecule has 0 radical (unpaired) electrons. The Kier molecular flexibility index (Phi) is 4.70. The lowest BCUT2D eigenvalue weighted by molar-refractivity contribution is -0.136. The first-order chi connectivity index (χ1) is 8.66. The van der Waals surface area contributed by atoms with Crippen molar-refractivity contribution in [1.82, 2.24) is 0 Å². The van der Waals surface area contributed by atoms with Crippen LogP contribution in [0.3, 0.4) is 0 Å². The van der Waals surface area contributed by atoms with Gasteiger partial charge in [0, 0.05) is 5.25 Å². The summed E-state index contributed by atoms with van der Waals surface area (Å²) in [6, 6.07) is 9.58. The number of carboxylic acids is 1. The third kappa shape index (κ3) is 3.52. The van der Waals surface area contributed by atoms with Crippen LogP contribution in [0, 0.1) is 5.92 Å². The number of carboxylic acid groups (broad SMARTS) is 1. The van der Waals surface area contributed by atoms with E-state index < -0.39 is 11.2 Å². The number of aliphatic carboxylic acids is 1. The van der Waals surface area contributed by atoms with Gasteiger partial charge in [-0.15, -0.1) is 11.8 Å². The maximum Gasteiger partial charge on any atom is 0.321 e. The molecule has 1 aliphatic rings. The molecule has 1 aromatic carbocycles. The minimum absolute atomic E-state index is 0.415. The normalized spacial score (nSPS) is 25.6. The molecule has 0 bridgehead atoms. The molecule has 3 atom stereocenters. The molecule has 2 nitrogen and oxygen atoms in total. The number of rotatable bonds is 4. The predicted molar refractivity (Wildman–Crippen MR) is 75.8 cm³/mol. The Labute approximate surface area is 113 Å². The van der Waals surface area contributed by atoms with Crippen molar-refractivity contribution in [2.75, 3.05) is 0 Å². The first-order valence-electron chi connectivity index (χ1n) is 6.60. The molecule has 0 heterocycles. The second-order valence-corrected chi connectivity index (χ2v) is 6.57. The summed E-state index contributed by atoms with van der Waals surface area (Å²) in [5, 5.41) is 9.48. The Hall–Kier alpha value is -0.960. The van der Waals surface area contributed by atoms with Crippen LogP contribution >= 0.6 is 11.8 Å². The fourth-order valence-corrected chi connectivity index (χ4v) is 4.16. The van der Waals surface area contributed by atoms with Crippen molar-refractivity contribution in [2.24, 2.45) is 5.92 Å². The summed E-state index contributed by atoms with van der Waals surface area (Å²) in [4.78, 5) is 11.4. The van der Waals surface area contributed by atoms with Crippen LogP contribution in [0.25, 0.3) is 0 Å². The van der Waals surface area contributed by atoms with E-state index in [4.69, 9.17) is 0 Å². The van der Waals surface area contributed by atoms with E-state index in [1.165, 1.54) is 12.8 Å². The van der Waals surface area contributed by atoms with Gasteiger partial charge in [0.1, 0.15) is 5.25 Å². The quantitative estimate of drug-likeness (QED) is 0.888. The molecule has 0 aromatic heterocycles. The van der Waals surface area contributed by atoms with Crippen molar-refractivity contribution in [1.29, 1.82) is 0 Å². The van der Waals surface area contributed by atoms with Crippen LogP contribution in [0.4, 0.5) is 0 Å². The summed E-state index contributed by atoms with van der Waals surface area (Å²) in [7, 11) is 0. The Morgan fingerprint density at radius 3 is 2.67 bits per heavy atom. The highest BCUT2D eigenvalue weighted by atomic mass is 32.2. The first kappa shape index (κ1) is 13.5. The minimum Gasteiger partial charge on any atom is -0.480 e. The number of thioether (sulfide) groups is 1. The first-order valence-corrected chi connectivity index (χ1v) is 7.54. The van der Waals surface area contributed by atoms with Crippen molar-refractivity contribution in [2.45, 2.75) is 43.1 Å². The van der Waals surface area contributed by atoms with Crippen molar-refractivity contribution in [3.63, 3.8) is 0 Å². The summed E-state index contributed by atoms with van der Waals surface area (Å²) in [6.45, 7) is 2.27. The molecule has 2 rings (SSSR count). The lowest BCUT2D eigenvalue weighted by Gasteiger charge is -2.28. The van der Waals surface area contributed by atoms with Gasteiger partial charge < -0.3 is 5.11 Å². The molecular formula is C15H20O2S. The van der Waals surface area contributed by atoms with Gasteiger partial charge in [-0.25, -0.2) is 0 Å². The molecule has 1 fully saturated rings. The second-order valence-electron chi connectivity index (χ2n) is 5.16. The highest BCUT2D eigenvalue weighted by Crippen LogP contribution is 2.40. The Morgan fingerprint density at radius 1 is 1.33 bits per heavy atom. The summed E-state index contributed by atoms with van der Waals surface area (Å²) in [5.74, 6) is 0.0193. The third-order valence-corrected chi connectivity index (χ3v) is 5.10. The molecule has 1 aromatic rings. The standard InChI is InChI=1S/C15H20O2S/c1-11-6-5-9-13(10-11)18-14(15(16)17)12-7-3-2-4-8-12/h2-4,7-8,11,13-14H,5-6,9-10H2,1H3,(H,16,17). The average molecular weight is 264 g/mol. The van der Waals surface area contributed by atoms with E-state index in [2.05, 4.69) is 6.92 Å². The molecule has 0 amide bonds. The molecule has 0 saturated heterocycles. The van der Waals surface area contributed by atoms with Crippen LogP contribution in [0.1, 0.15) is 43.4 Å². The number of hydrogen-bond acceptors (Lipinski definition) is 2. The monoisotopic (exact) mass is 264 g/mol. The van der Waals surface area contributed by atoms with E-state index in [0.29, 0.717) is 5.25 Å². The molecule has 3 unspecified atom stereocenters. The zero-order valence-corrected chi connectivity index (χ0v) is 11.5. The van der Waals surface area contributed by atoms with Crippen molar-refractivity contribution in [3.8, 4) is 0 Å². The lowest BCUT2D eigenvalue weighted by Crippen LogP contribution is -2.19. The van der Waals surface area contributed by atoms with Crippen LogP contribution in [0.2, 0.25) is 0 Å². The Morgan fingerprint density at radius 2 is 2.06 bits per heavy atom. The average Bonchev–Trinajstić information content (AvgIpc) is 2.37. The van der Waals surface area contributed by atoms with Crippen molar-refractivity contribution < 1.29 is 9.90 Å². The zero-order valence-electron chi connectivity index (χ0n) is 10.7. The van der Waals surface area contributed by atoms with Crippen LogP contribution < -0.4 is 0 Å². The topological polar surface area (TPSA) is 37.3 Å². The van der Waals surface area contributed by atoms with E-state index in [0.717, 1.165) is 24.3 Å². The molecule has 0 spiro atoms. The van der Waals surface area contributed by atoms with Gasteiger partial charge >= 0.3 is 5.97 Å². The van der Waals surface area contributed by atoms with Crippen molar-refractivity contribution >= 4 is 17.7 Å². The van der Waals surface area contributed by atoms with E-state index in [1.807, 2.05) is 30.3 Å². The van der Waals surface area contributed by atoms with Crippen LogP contribution in [0.5, 0.6) is 0 Å². The fraction of sp³-hybridized carbons (Fsp3) is 0.533. The molecule has 1 N–H and O–H groups in total. The molecule has 1 saturated carbocycles. The molecule has 18 heavy (non-hydrogen) atoms. The largest absolute Gasteiger partial charge is 0.480 e. The maximum atomic E-state index is 11.4. The smallest absolute Gasteiger partial charge is 0.321 e. The van der Waals surface area contributed by atoms with Gasteiger partial charge in [-0.05, 0) is 24.3 Å². The van der Waals surface area contributed by atoms with Gasteiger partial charge in [-0.1, -0.05) is 50.1 Å². The molecular weight excluding hydrogens is 244 g/mol. The summed E-state index contributed by atoms with van der Waals surface area (Å²) in [6.07, 6.45) is 4.84. The number of carbonyl (C=O) groups is 1. The number of benzene rings is 1. The SMILES string of the molecule is CC1CCCC(SC(C(=O)O)c2ccccc2)C1. The van der Waals surface area contributed by atoms with E-state index >= 15 is 0 Å². The van der Waals surface area contributed by atoms with Crippen LogP contribution in [-0.2, 0) is 4.79 Å². The van der Waals surface area contributed by atoms with Gasteiger partial charge in [-0.3, -0.25) is 4.79 Å². The molecule has 1 aliphatic carbocycles. The number of hydrogen-bond donors (Lipinski definition) is 1. The second kappa shape index (κ2) is 6.28. The summed E-state index contributed by atoms with van der Waals surface area (Å²) in [5.41, 5.74) is 0.910. The van der Waals surface area contributed by atoms with Gasteiger partial charge in [0.25, 0.3) is 0 Å². The van der Waals surface area contributed by atoms with E-state index in [1.54, 1.807) is 11.8 Å². The van der Waals surface area contributed by atoms with Crippen LogP contribution in [0.15, 0.2) is 30.3 Å². The van der Waals surface area contributed by atoms with Gasteiger partial charge in [0.05, 0.1) is 0 Å². The Balaban J connectivity index is 2.05. The highest BCUT2D eigenvalue weighted by Gasteiger charge is 2.27. The molecule has 0 aliphatic heterocycles. The maximum absolute atomic E-state index is 11.4. The van der Waals surface area contributed by atoms with Crippen molar-refractivity contribution in [3.05, 3.63) is 35.9 Å². The predicted octanol–water partition coefficient (Wildman–Crippen LogP) is 4.12. The molecule has 98 valence electrons. The van der Waals surface area contributed by atoms with E-state index in [9.17, 15) is 9.90 Å². The Bertz CT molecular complexity index is 391. The van der Waals surface area contributed by atoms with Gasteiger partial charge in [0.15, 0.2) is 0 Å². The van der Waals surface area contributed by atoms with Gasteiger partial charge in [-0.2, -0.15) is 0 Å². The van der Waals surface area contributed by atoms with Crippen LogP contribution in [-0.4, -0.2) is 16.3 Å². The third-order valence-electron chi connectivity index (χ3n) is 3.54. The highest BCUT2D eigenvalue weighted by molar-refractivity contribution is 8.00. The van der Waals surface area contributed by atoms with Gasteiger partial charge in [0.2, 0.25) is 0 Å². The lowest BCUT2D eigenvalue weighted by atomic mass is 9.91. The molecule has 3 heteroatoms. The van der Waals surface area contributed by atoms with E-state index in [-0.39, 0.29) is 0 Å². The summed E-state index contributed by atoms with van der Waals surface area (Å²) < 4.78 is 0.